The number of carbonyl (C=O) groups is 2. The largest absolute Gasteiger partial charge is 0.346 e. The number of benzene rings is 1. The van der Waals surface area contributed by atoms with Gasteiger partial charge in [-0.25, -0.2) is 0 Å². The Morgan fingerprint density at radius 1 is 1.27 bits per heavy atom. The maximum atomic E-state index is 12.8. The van der Waals surface area contributed by atoms with Crippen LogP contribution in [0.3, 0.4) is 0 Å². The quantitative estimate of drug-likeness (QED) is 0.841. The van der Waals surface area contributed by atoms with Crippen LogP contribution in [-0.2, 0) is 16.0 Å². The van der Waals surface area contributed by atoms with E-state index in [0.29, 0.717) is 13.0 Å². The minimum absolute atomic E-state index is 0.0852. The van der Waals surface area contributed by atoms with Gasteiger partial charge >= 0.3 is 0 Å². The monoisotopic (exact) mass is 300 g/mol. The lowest BCUT2D eigenvalue weighted by Gasteiger charge is -2.37. The van der Waals surface area contributed by atoms with Gasteiger partial charge in [-0.15, -0.1) is 0 Å². The Bertz CT molecular complexity index is 584. The number of nitrogens with zero attached hydrogens (tertiary/aromatic N) is 2. The summed E-state index contributed by atoms with van der Waals surface area (Å²) in [6.45, 7) is 0.685. The molecule has 0 saturated carbocycles. The second kappa shape index (κ2) is 6.11. The summed E-state index contributed by atoms with van der Waals surface area (Å²) in [6, 6.07) is 8.58. The summed E-state index contributed by atoms with van der Waals surface area (Å²) >= 11 is 0. The Morgan fingerprint density at radius 2 is 2.05 bits per heavy atom. The van der Waals surface area contributed by atoms with Gasteiger partial charge in [-0.2, -0.15) is 0 Å². The van der Waals surface area contributed by atoms with E-state index in [1.54, 1.807) is 4.90 Å². The van der Waals surface area contributed by atoms with Gasteiger partial charge in [0.05, 0.1) is 6.04 Å². The van der Waals surface area contributed by atoms with Gasteiger partial charge in [0.1, 0.15) is 0 Å². The van der Waals surface area contributed by atoms with Crippen molar-refractivity contribution in [2.24, 2.45) is 5.92 Å². The van der Waals surface area contributed by atoms with Crippen LogP contribution in [0.4, 0.5) is 0 Å². The maximum Gasteiger partial charge on any atom is 0.226 e. The first-order chi connectivity index (χ1) is 10.6. The van der Waals surface area contributed by atoms with Crippen molar-refractivity contribution >= 4 is 11.8 Å². The molecular weight excluding hydrogens is 276 g/mol. The summed E-state index contributed by atoms with van der Waals surface area (Å²) in [4.78, 5) is 28.3. The first kappa shape index (κ1) is 15.1. The third-order valence-electron chi connectivity index (χ3n) is 5.16. The van der Waals surface area contributed by atoms with E-state index in [1.807, 2.05) is 19.0 Å². The minimum atomic E-state index is -0.150. The van der Waals surface area contributed by atoms with Crippen LogP contribution in [0.15, 0.2) is 24.3 Å². The normalized spacial score (nSPS) is 24.8. The molecule has 1 fully saturated rings. The number of piperidine rings is 1. The van der Waals surface area contributed by atoms with E-state index < -0.39 is 0 Å². The van der Waals surface area contributed by atoms with Crippen LogP contribution >= 0.6 is 0 Å². The van der Waals surface area contributed by atoms with Gasteiger partial charge in [-0.3, -0.25) is 9.59 Å². The van der Waals surface area contributed by atoms with Crippen molar-refractivity contribution < 1.29 is 9.59 Å². The lowest BCUT2D eigenvalue weighted by Crippen LogP contribution is -2.44. The molecular formula is C18H24N2O2. The fourth-order valence-corrected chi connectivity index (χ4v) is 3.73. The average Bonchev–Trinajstić information content (AvgIpc) is 2.55. The van der Waals surface area contributed by atoms with Crippen LogP contribution in [0.2, 0.25) is 0 Å². The molecule has 0 N–H and O–H groups in total. The molecule has 0 radical (unpaired) electrons. The van der Waals surface area contributed by atoms with E-state index in [4.69, 9.17) is 0 Å². The van der Waals surface area contributed by atoms with Gasteiger partial charge in [0.15, 0.2) is 0 Å². The zero-order chi connectivity index (χ0) is 15.7. The first-order valence-electron chi connectivity index (χ1n) is 8.16. The fourth-order valence-electron chi connectivity index (χ4n) is 3.73. The summed E-state index contributed by atoms with van der Waals surface area (Å²) in [5, 5.41) is 0. The number of aryl methyl sites for hydroxylation is 1. The molecule has 1 aromatic carbocycles. The predicted octanol–water partition coefficient (Wildman–Crippen LogP) is 2.39. The Morgan fingerprint density at radius 3 is 2.82 bits per heavy atom. The van der Waals surface area contributed by atoms with Crippen LogP contribution in [-0.4, -0.2) is 42.3 Å². The molecule has 4 heteroatoms. The lowest BCUT2D eigenvalue weighted by atomic mass is 9.86. The van der Waals surface area contributed by atoms with Gasteiger partial charge in [0.2, 0.25) is 11.8 Å². The molecule has 22 heavy (non-hydrogen) atoms. The molecule has 1 aliphatic heterocycles. The van der Waals surface area contributed by atoms with Gasteiger partial charge in [-0.05, 0) is 36.8 Å². The smallest absolute Gasteiger partial charge is 0.226 e. The number of amides is 2. The molecule has 0 unspecified atom stereocenters. The highest BCUT2D eigenvalue weighted by Gasteiger charge is 2.34. The maximum absolute atomic E-state index is 12.8. The van der Waals surface area contributed by atoms with Crippen LogP contribution in [0.25, 0.3) is 0 Å². The molecule has 1 saturated heterocycles. The molecule has 1 aromatic rings. The Balaban J connectivity index is 1.76. The highest BCUT2D eigenvalue weighted by Crippen LogP contribution is 2.35. The minimum Gasteiger partial charge on any atom is -0.346 e. The van der Waals surface area contributed by atoms with E-state index in [1.165, 1.54) is 11.1 Å². The van der Waals surface area contributed by atoms with Crippen LogP contribution in [0.5, 0.6) is 0 Å². The molecule has 1 aliphatic carbocycles. The van der Waals surface area contributed by atoms with Crippen molar-refractivity contribution in [1.82, 2.24) is 9.80 Å². The summed E-state index contributed by atoms with van der Waals surface area (Å²) in [7, 11) is 3.71. The molecule has 0 aromatic heterocycles. The molecule has 2 amide bonds. The molecule has 0 bridgehead atoms. The molecule has 0 spiro atoms. The Hall–Kier alpha value is -1.84. The SMILES string of the molecule is CN1CC[C@@H](C(=O)N(C)[C@@H]2CCCc3ccccc32)CC1=O. The zero-order valence-electron chi connectivity index (χ0n) is 13.4. The number of hydrogen-bond donors (Lipinski definition) is 0. The van der Waals surface area contributed by atoms with Crippen LogP contribution < -0.4 is 0 Å². The van der Waals surface area contributed by atoms with Crippen LogP contribution in [0, 0.1) is 5.92 Å². The summed E-state index contributed by atoms with van der Waals surface area (Å²) < 4.78 is 0. The van der Waals surface area contributed by atoms with Crippen molar-refractivity contribution in [3.8, 4) is 0 Å². The summed E-state index contributed by atoms with van der Waals surface area (Å²) in [5.74, 6) is 0.0630. The highest BCUT2D eigenvalue weighted by atomic mass is 16.2. The molecule has 2 atom stereocenters. The Labute approximate surface area is 132 Å². The van der Waals surface area contributed by atoms with E-state index in [0.717, 1.165) is 25.7 Å². The third-order valence-corrected chi connectivity index (χ3v) is 5.16. The van der Waals surface area contributed by atoms with Crippen molar-refractivity contribution in [1.29, 1.82) is 0 Å². The molecule has 1 heterocycles. The van der Waals surface area contributed by atoms with Crippen molar-refractivity contribution in [3.05, 3.63) is 35.4 Å². The first-order valence-corrected chi connectivity index (χ1v) is 8.16. The number of rotatable bonds is 2. The number of carbonyl (C=O) groups excluding carboxylic acids is 2. The topological polar surface area (TPSA) is 40.6 Å². The second-order valence-corrected chi connectivity index (χ2v) is 6.56. The molecule has 118 valence electrons. The van der Waals surface area contributed by atoms with Crippen molar-refractivity contribution in [3.63, 3.8) is 0 Å². The number of hydrogen-bond acceptors (Lipinski definition) is 2. The highest BCUT2D eigenvalue weighted by molar-refractivity contribution is 5.87. The fraction of sp³-hybridized carbons (Fsp3) is 0.556. The molecule has 3 rings (SSSR count). The third kappa shape index (κ3) is 2.74. The van der Waals surface area contributed by atoms with Crippen molar-refractivity contribution in [2.45, 2.75) is 38.1 Å². The second-order valence-electron chi connectivity index (χ2n) is 6.56. The molecule has 2 aliphatic rings. The molecule has 4 nitrogen and oxygen atoms in total. The van der Waals surface area contributed by atoms with Crippen molar-refractivity contribution in [2.75, 3.05) is 20.6 Å². The number of likely N-dealkylation sites (tertiary alicyclic amines) is 1. The Kier molecular flexibility index (Phi) is 4.19. The standard InChI is InChI=1S/C18H24N2O2/c1-19-11-10-14(12-17(19)21)18(22)20(2)16-9-5-7-13-6-3-4-8-15(13)16/h3-4,6,8,14,16H,5,7,9-12H2,1-2H3/t14-,16-/m1/s1. The van der Waals surface area contributed by atoms with E-state index in [2.05, 4.69) is 24.3 Å². The van der Waals surface area contributed by atoms with Gasteiger partial charge in [0, 0.05) is 33.0 Å². The van der Waals surface area contributed by atoms with E-state index in [9.17, 15) is 9.59 Å². The zero-order valence-corrected chi connectivity index (χ0v) is 13.4. The summed E-state index contributed by atoms with van der Waals surface area (Å²) in [6.07, 6.45) is 4.36. The predicted molar refractivity (Wildman–Crippen MR) is 85.3 cm³/mol. The average molecular weight is 300 g/mol. The van der Waals surface area contributed by atoms with E-state index >= 15 is 0 Å². The van der Waals surface area contributed by atoms with Gasteiger partial charge in [-0.1, -0.05) is 24.3 Å². The van der Waals surface area contributed by atoms with Gasteiger partial charge < -0.3 is 9.80 Å². The lowest BCUT2D eigenvalue weighted by molar-refractivity contribution is -0.145. The van der Waals surface area contributed by atoms with E-state index in [-0.39, 0.29) is 23.8 Å². The number of fused-ring (bicyclic) bond motifs is 1. The summed E-state index contributed by atoms with van der Waals surface area (Å²) in [5.41, 5.74) is 2.64. The van der Waals surface area contributed by atoms with Gasteiger partial charge in [0.25, 0.3) is 0 Å². The van der Waals surface area contributed by atoms with Crippen LogP contribution in [0.1, 0.15) is 42.9 Å².